The van der Waals surface area contributed by atoms with Gasteiger partial charge in [0.05, 0.1) is 7.11 Å². The number of halogens is 1. The molecule has 0 saturated heterocycles. The summed E-state index contributed by atoms with van der Waals surface area (Å²) in [7, 11) is 5.52. The van der Waals surface area contributed by atoms with E-state index in [-0.39, 0.29) is 24.0 Å². The lowest BCUT2D eigenvalue weighted by molar-refractivity contribution is 0.414. The molecule has 0 aliphatic heterocycles. The molecule has 0 radical (unpaired) electrons. The minimum absolute atomic E-state index is 0. The van der Waals surface area contributed by atoms with Crippen molar-refractivity contribution in [2.24, 2.45) is 4.99 Å². The predicted molar refractivity (Wildman–Crippen MR) is 104 cm³/mol. The molecule has 0 bridgehead atoms. The minimum Gasteiger partial charge on any atom is -0.497 e. The van der Waals surface area contributed by atoms with E-state index in [9.17, 15) is 0 Å². The molecule has 1 N–H and O–H groups in total. The molecule has 0 fully saturated rings. The maximum absolute atomic E-state index is 5.17. The smallest absolute Gasteiger partial charge is 0.193 e. The van der Waals surface area contributed by atoms with Crippen LogP contribution in [0.5, 0.6) is 5.75 Å². The fourth-order valence-electron chi connectivity index (χ4n) is 2.04. The van der Waals surface area contributed by atoms with Crippen LogP contribution < -0.4 is 10.1 Å². The molecule has 0 spiro atoms. The van der Waals surface area contributed by atoms with Crippen LogP contribution >= 0.6 is 35.3 Å². The minimum atomic E-state index is 0. The molecule has 1 aromatic heterocycles. The molecular formula is C16H22IN3OS. The highest BCUT2D eigenvalue weighted by atomic mass is 127. The predicted octanol–water partition coefficient (Wildman–Crippen LogP) is 3.58. The number of nitrogens with zero attached hydrogens (tertiary/aromatic N) is 2. The molecule has 2 aromatic rings. The molecule has 0 amide bonds. The number of aliphatic imine (C=N–C) groups is 1. The maximum atomic E-state index is 5.17. The second kappa shape index (κ2) is 9.68. The zero-order valence-electron chi connectivity index (χ0n) is 13.1. The Bertz CT molecular complexity index is 570. The van der Waals surface area contributed by atoms with Gasteiger partial charge in [-0.25, -0.2) is 0 Å². The Hall–Kier alpha value is -1.28. The van der Waals surface area contributed by atoms with Gasteiger partial charge >= 0.3 is 0 Å². The summed E-state index contributed by atoms with van der Waals surface area (Å²) in [6.45, 7) is 1.59. The fourth-order valence-corrected chi connectivity index (χ4v) is 2.71. The van der Waals surface area contributed by atoms with Crippen molar-refractivity contribution in [2.75, 3.05) is 21.2 Å². The third-order valence-corrected chi connectivity index (χ3v) is 3.91. The third-order valence-electron chi connectivity index (χ3n) is 3.18. The Morgan fingerprint density at radius 1 is 1.23 bits per heavy atom. The van der Waals surface area contributed by atoms with Crippen LogP contribution in [-0.2, 0) is 13.1 Å². The third kappa shape index (κ3) is 5.49. The molecule has 1 heterocycles. The Kier molecular flexibility index (Phi) is 8.26. The van der Waals surface area contributed by atoms with Crippen molar-refractivity contribution >= 4 is 41.3 Å². The van der Waals surface area contributed by atoms with E-state index < -0.39 is 0 Å². The van der Waals surface area contributed by atoms with Gasteiger partial charge in [0.1, 0.15) is 5.75 Å². The molecule has 0 aliphatic carbocycles. The molecule has 2 rings (SSSR count). The first-order valence-electron chi connectivity index (χ1n) is 6.78. The number of guanidine groups is 1. The fraction of sp³-hybridized carbons (Fsp3) is 0.312. The van der Waals surface area contributed by atoms with Crippen LogP contribution in [0.15, 0.2) is 46.1 Å². The van der Waals surface area contributed by atoms with Gasteiger partial charge in [-0.05, 0) is 40.1 Å². The van der Waals surface area contributed by atoms with E-state index in [1.54, 1.807) is 25.5 Å². The molecule has 1 aromatic carbocycles. The summed E-state index contributed by atoms with van der Waals surface area (Å²) in [6.07, 6.45) is 0. The van der Waals surface area contributed by atoms with Crippen molar-refractivity contribution in [3.05, 3.63) is 52.2 Å². The number of methoxy groups -OCH3 is 1. The van der Waals surface area contributed by atoms with Gasteiger partial charge in [0.2, 0.25) is 0 Å². The average molecular weight is 431 g/mol. The summed E-state index contributed by atoms with van der Waals surface area (Å²) in [5.41, 5.74) is 2.50. The van der Waals surface area contributed by atoms with Crippen molar-refractivity contribution < 1.29 is 4.74 Å². The van der Waals surface area contributed by atoms with Crippen LogP contribution in [0.1, 0.15) is 11.1 Å². The van der Waals surface area contributed by atoms with Gasteiger partial charge in [-0.15, -0.1) is 24.0 Å². The lowest BCUT2D eigenvalue weighted by Gasteiger charge is -2.22. The normalized spacial score (nSPS) is 10.8. The SMILES string of the molecule is CN=C(NCc1ccsc1)N(C)Cc1ccc(OC)cc1.I. The van der Waals surface area contributed by atoms with Gasteiger partial charge in [0.25, 0.3) is 0 Å². The van der Waals surface area contributed by atoms with E-state index in [4.69, 9.17) is 4.74 Å². The second-order valence-corrected chi connectivity index (χ2v) is 5.52. The van der Waals surface area contributed by atoms with E-state index in [2.05, 4.69) is 44.2 Å². The first-order valence-corrected chi connectivity index (χ1v) is 7.73. The summed E-state index contributed by atoms with van der Waals surface area (Å²) in [5.74, 6) is 1.76. The van der Waals surface area contributed by atoms with E-state index in [0.29, 0.717) is 0 Å². The molecule has 6 heteroatoms. The zero-order valence-corrected chi connectivity index (χ0v) is 16.2. The van der Waals surface area contributed by atoms with Gasteiger partial charge in [0.15, 0.2) is 5.96 Å². The number of hydrogen-bond donors (Lipinski definition) is 1. The molecule has 4 nitrogen and oxygen atoms in total. The highest BCUT2D eigenvalue weighted by Crippen LogP contribution is 2.12. The highest BCUT2D eigenvalue weighted by Gasteiger charge is 2.06. The molecule has 22 heavy (non-hydrogen) atoms. The molecule has 120 valence electrons. The van der Waals surface area contributed by atoms with Crippen LogP contribution in [0.2, 0.25) is 0 Å². The van der Waals surface area contributed by atoms with Crippen LogP contribution in [0.25, 0.3) is 0 Å². The van der Waals surface area contributed by atoms with Crippen LogP contribution in [0.4, 0.5) is 0 Å². The molecule has 0 aliphatic rings. The zero-order chi connectivity index (χ0) is 15.1. The monoisotopic (exact) mass is 431 g/mol. The molecule has 0 saturated carbocycles. The molecular weight excluding hydrogens is 409 g/mol. The standard InChI is InChI=1S/C16H21N3OS.HI/c1-17-16(18-10-14-8-9-21-12-14)19(2)11-13-4-6-15(20-3)7-5-13;/h4-9,12H,10-11H2,1-3H3,(H,17,18);1H. The van der Waals surface area contributed by atoms with Crippen LogP contribution in [0, 0.1) is 0 Å². The maximum Gasteiger partial charge on any atom is 0.193 e. The first-order chi connectivity index (χ1) is 10.2. The summed E-state index contributed by atoms with van der Waals surface area (Å²) >= 11 is 1.71. The van der Waals surface area contributed by atoms with Crippen molar-refractivity contribution in [3.63, 3.8) is 0 Å². The Morgan fingerprint density at radius 2 is 1.95 bits per heavy atom. The molecule has 0 unspecified atom stereocenters. The second-order valence-electron chi connectivity index (χ2n) is 4.74. The summed E-state index contributed by atoms with van der Waals surface area (Å²) < 4.78 is 5.17. The summed E-state index contributed by atoms with van der Waals surface area (Å²) in [4.78, 5) is 6.43. The first kappa shape index (κ1) is 18.8. The van der Waals surface area contributed by atoms with Gasteiger partial charge < -0.3 is 15.0 Å². The summed E-state index contributed by atoms with van der Waals surface area (Å²) in [5, 5.41) is 7.60. The number of rotatable bonds is 5. The topological polar surface area (TPSA) is 36.9 Å². The Morgan fingerprint density at radius 3 is 2.50 bits per heavy atom. The number of ether oxygens (including phenoxy) is 1. The van der Waals surface area contributed by atoms with Gasteiger partial charge in [-0.2, -0.15) is 11.3 Å². The lowest BCUT2D eigenvalue weighted by atomic mass is 10.2. The van der Waals surface area contributed by atoms with E-state index >= 15 is 0 Å². The lowest BCUT2D eigenvalue weighted by Crippen LogP contribution is -2.37. The number of nitrogens with one attached hydrogen (secondary N) is 1. The summed E-state index contributed by atoms with van der Waals surface area (Å²) in [6, 6.07) is 10.2. The van der Waals surface area contributed by atoms with Gasteiger partial charge in [-0.3, -0.25) is 4.99 Å². The van der Waals surface area contributed by atoms with Crippen LogP contribution in [-0.4, -0.2) is 32.1 Å². The van der Waals surface area contributed by atoms with Gasteiger partial charge in [-0.1, -0.05) is 12.1 Å². The van der Waals surface area contributed by atoms with E-state index in [1.165, 1.54) is 11.1 Å². The van der Waals surface area contributed by atoms with Crippen molar-refractivity contribution in [1.82, 2.24) is 10.2 Å². The van der Waals surface area contributed by atoms with Crippen molar-refractivity contribution in [2.45, 2.75) is 13.1 Å². The van der Waals surface area contributed by atoms with Crippen molar-refractivity contribution in [1.29, 1.82) is 0 Å². The number of hydrogen-bond acceptors (Lipinski definition) is 3. The van der Waals surface area contributed by atoms with Crippen LogP contribution in [0.3, 0.4) is 0 Å². The number of benzene rings is 1. The largest absolute Gasteiger partial charge is 0.497 e. The van der Waals surface area contributed by atoms with Gasteiger partial charge in [0, 0.05) is 27.2 Å². The Labute approximate surface area is 153 Å². The quantitative estimate of drug-likeness (QED) is 0.447. The van der Waals surface area contributed by atoms with E-state index in [1.807, 2.05) is 19.2 Å². The number of thiophene rings is 1. The highest BCUT2D eigenvalue weighted by molar-refractivity contribution is 14.0. The van der Waals surface area contributed by atoms with Crippen molar-refractivity contribution in [3.8, 4) is 5.75 Å². The Balaban J connectivity index is 0.00000242. The molecule has 0 atom stereocenters. The average Bonchev–Trinajstić information content (AvgIpc) is 3.02. The van der Waals surface area contributed by atoms with E-state index in [0.717, 1.165) is 24.8 Å².